The van der Waals surface area contributed by atoms with Crippen LogP contribution in [0.4, 0.5) is 18.0 Å². The summed E-state index contributed by atoms with van der Waals surface area (Å²) in [5, 5.41) is 7.50. The summed E-state index contributed by atoms with van der Waals surface area (Å²) in [5.41, 5.74) is 0.355. The average molecular weight is 443 g/mol. The minimum Gasteiger partial charge on any atom is -0.349 e. The van der Waals surface area contributed by atoms with Gasteiger partial charge in [0.05, 0.1) is 18.0 Å². The molecule has 0 radical (unpaired) electrons. The monoisotopic (exact) mass is 443 g/mol. The zero-order valence-corrected chi connectivity index (χ0v) is 16.9. The molecule has 5 rings (SSSR count). The number of carbonyl (C=O) groups is 3. The highest BCUT2D eigenvalue weighted by Gasteiger charge is 2.57. The van der Waals surface area contributed by atoms with Crippen molar-refractivity contribution in [3.63, 3.8) is 0 Å². The largest absolute Gasteiger partial charge is 0.349 e. The van der Waals surface area contributed by atoms with E-state index >= 15 is 0 Å². The fraction of sp³-hybridized carbons (Fsp3) is 0.348. The lowest BCUT2D eigenvalue weighted by Crippen LogP contribution is -2.57. The van der Waals surface area contributed by atoms with Crippen LogP contribution in [-0.4, -0.2) is 35.9 Å². The van der Waals surface area contributed by atoms with Crippen LogP contribution in [0.2, 0.25) is 0 Å². The van der Waals surface area contributed by atoms with E-state index in [1.807, 2.05) is 0 Å². The molecule has 2 saturated carbocycles. The molecule has 1 aliphatic heterocycles. The molecular formula is C23H20F3N3O3. The van der Waals surface area contributed by atoms with Crippen LogP contribution in [0.1, 0.15) is 41.1 Å². The van der Waals surface area contributed by atoms with Gasteiger partial charge in [-0.25, -0.2) is 18.0 Å². The number of urea groups is 1. The minimum atomic E-state index is -2.68. The first-order valence-corrected chi connectivity index (χ1v) is 10.4. The maximum absolute atomic E-state index is 14.0. The predicted octanol–water partition coefficient (Wildman–Crippen LogP) is 3.33. The van der Waals surface area contributed by atoms with E-state index in [9.17, 15) is 27.6 Å². The molecule has 3 aliphatic rings. The van der Waals surface area contributed by atoms with Crippen LogP contribution in [0.25, 0.3) is 11.1 Å². The van der Waals surface area contributed by atoms with Crippen LogP contribution in [-0.2, 0) is 4.79 Å². The van der Waals surface area contributed by atoms with Gasteiger partial charge in [0.1, 0.15) is 11.4 Å². The van der Waals surface area contributed by atoms with E-state index in [1.165, 1.54) is 12.1 Å². The van der Waals surface area contributed by atoms with Crippen molar-refractivity contribution in [1.29, 1.82) is 0 Å². The first-order valence-electron chi connectivity index (χ1n) is 10.4. The van der Waals surface area contributed by atoms with Crippen molar-refractivity contribution >= 4 is 17.8 Å². The van der Waals surface area contributed by atoms with Crippen molar-refractivity contribution in [3.8, 4) is 11.1 Å². The molecule has 1 heterocycles. The quantitative estimate of drug-likeness (QED) is 0.599. The summed E-state index contributed by atoms with van der Waals surface area (Å²) in [6, 6.07) is 9.58. The molecule has 2 atom stereocenters. The smallest absolute Gasteiger partial charge is 0.322 e. The van der Waals surface area contributed by atoms with Crippen molar-refractivity contribution in [3.05, 3.63) is 59.4 Å². The molecule has 166 valence electrons. The summed E-state index contributed by atoms with van der Waals surface area (Å²) >= 11 is 0. The third-order valence-electron chi connectivity index (χ3n) is 6.45. The second-order valence-electron chi connectivity index (χ2n) is 8.67. The average Bonchev–Trinajstić information content (AvgIpc) is 3.67. The maximum atomic E-state index is 14.0. The van der Waals surface area contributed by atoms with Crippen LogP contribution in [0.3, 0.4) is 0 Å². The number of alkyl halides is 2. The molecule has 6 nitrogen and oxygen atoms in total. The summed E-state index contributed by atoms with van der Waals surface area (Å²) in [4.78, 5) is 37.0. The van der Waals surface area contributed by atoms with Gasteiger partial charge in [0.15, 0.2) is 0 Å². The van der Waals surface area contributed by atoms with Crippen molar-refractivity contribution in [2.24, 2.45) is 5.92 Å². The Morgan fingerprint density at radius 1 is 1.09 bits per heavy atom. The maximum Gasteiger partial charge on any atom is 0.322 e. The van der Waals surface area contributed by atoms with E-state index < -0.39 is 41.0 Å². The van der Waals surface area contributed by atoms with Crippen molar-refractivity contribution in [2.75, 3.05) is 6.54 Å². The molecule has 2 aliphatic carbocycles. The molecule has 32 heavy (non-hydrogen) atoms. The zero-order valence-electron chi connectivity index (χ0n) is 16.9. The number of halogens is 3. The van der Waals surface area contributed by atoms with E-state index in [1.54, 1.807) is 24.3 Å². The summed E-state index contributed by atoms with van der Waals surface area (Å²) in [5.74, 6) is -5.25. The topological polar surface area (TPSA) is 87.3 Å². The highest BCUT2D eigenvalue weighted by molar-refractivity contribution is 6.08. The second kappa shape index (κ2) is 7.08. The fourth-order valence-corrected chi connectivity index (χ4v) is 4.38. The van der Waals surface area contributed by atoms with Gasteiger partial charge in [0.25, 0.3) is 17.7 Å². The molecule has 2 aromatic carbocycles. The molecule has 0 spiro atoms. The van der Waals surface area contributed by atoms with E-state index in [0.29, 0.717) is 16.7 Å². The number of carbonyl (C=O) groups excluding carboxylic acids is 3. The molecular weight excluding hydrogens is 423 g/mol. The lowest BCUT2D eigenvalue weighted by Gasteiger charge is -2.26. The molecule has 4 amide bonds. The van der Waals surface area contributed by atoms with Crippen molar-refractivity contribution in [2.45, 2.75) is 36.6 Å². The Labute approximate surface area is 181 Å². The van der Waals surface area contributed by atoms with Gasteiger partial charge in [-0.2, -0.15) is 0 Å². The lowest BCUT2D eigenvalue weighted by molar-refractivity contribution is -0.124. The standard InChI is InChI=1S/C23H20F3N3O3/c24-15-7-8-16(12-1-3-13(4-2-12)18-10-23(18,25)26)17(9-15)19(30)27-11-22(14-5-6-14)20(31)28-21(32)29-22/h1-4,7-9,14,18H,5-6,10-11H2,(H,27,30)(H2,28,29,31,32)/t18?,22-/m0/s1. The summed E-state index contributed by atoms with van der Waals surface area (Å²) in [6.07, 6.45) is 1.33. The lowest BCUT2D eigenvalue weighted by atomic mass is 9.92. The number of hydrogen-bond donors (Lipinski definition) is 3. The van der Waals surface area contributed by atoms with Crippen LogP contribution in [0, 0.1) is 11.7 Å². The number of rotatable bonds is 6. The Hall–Kier alpha value is -3.36. The number of imide groups is 1. The summed E-state index contributed by atoms with van der Waals surface area (Å²) in [7, 11) is 0. The van der Waals surface area contributed by atoms with Gasteiger partial charge in [-0.15, -0.1) is 0 Å². The number of nitrogens with one attached hydrogen (secondary N) is 3. The number of benzene rings is 2. The van der Waals surface area contributed by atoms with Gasteiger partial charge >= 0.3 is 6.03 Å². The van der Waals surface area contributed by atoms with Gasteiger partial charge in [-0.05, 0) is 47.6 Å². The van der Waals surface area contributed by atoms with E-state index in [-0.39, 0.29) is 24.4 Å². The van der Waals surface area contributed by atoms with Crippen LogP contribution in [0.5, 0.6) is 0 Å². The first kappa shape index (κ1) is 20.5. The van der Waals surface area contributed by atoms with E-state index in [2.05, 4.69) is 16.0 Å². The molecule has 1 unspecified atom stereocenters. The summed E-state index contributed by atoms with van der Waals surface area (Å²) in [6.45, 7) is -0.125. The Morgan fingerprint density at radius 3 is 2.34 bits per heavy atom. The number of hydrogen-bond acceptors (Lipinski definition) is 3. The molecule has 0 aromatic heterocycles. The molecule has 3 N–H and O–H groups in total. The van der Waals surface area contributed by atoms with E-state index in [4.69, 9.17) is 0 Å². The Morgan fingerprint density at radius 2 is 1.78 bits per heavy atom. The van der Waals surface area contributed by atoms with E-state index in [0.717, 1.165) is 18.9 Å². The normalized spacial score (nSPS) is 25.8. The predicted molar refractivity (Wildman–Crippen MR) is 109 cm³/mol. The minimum absolute atomic E-state index is 0.0465. The fourth-order valence-electron chi connectivity index (χ4n) is 4.38. The number of amides is 4. The van der Waals surface area contributed by atoms with Crippen LogP contribution >= 0.6 is 0 Å². The Kier molecular flexibility index (Phi) is 4.54. The summed E-state index contributed by atoms with van der Waals surface area (Å²) < 4.78 is 40.6. The highest BCUT2D eigenvalue weighted by atomic mass is 19.3. The third-order valence-corrected chi connectivity index (χ3v) is 6.45. The highest BCUT2D eigenvalue weighted by Crippen LogP contribution is 2.55. The Bertz CT molecular complexity index is 1130. The second-order valence-corrected chi connectivity index (χ2v) is 8.67. The van der Waals surface area contributed by atoms with Gasteiger partial charge in [-0.1, -0.05) is 30.3 Å². The molecule has 1 saturated heterocycles. The first-order chi connectivity index (χ1) is 15.2. The molecule has 0 bridgehead atoms. The van der Waals surface area contributed by atoms with Gasteiger partial charge in [0, 0.05) is 6.42 Å². The zero-order chi connectivity index (χ0) is 22.7. The van der Waals surface area contributed by atoms with Crippen molar-refractivity contribution in [1.82, 2.24) is 16.0 Å². The van der Waals surface area contributed by atoms with Gasteiger partial charge in [-0.3, -0.25) is 14.9 Å². The molecule has 3 fully saturated rings. The third kappa shape index (κ3) is 3.51. The Balaban J connectivity index is 1.38. The van der Waals surface area contributed by atoms with Crippen LogP contribution < -0.4 is 16.0 Å². The van der Waals surface area contributed by atoms with Gasteiger partial charge < -0.3 is 10.6 Å². The van der Waals surface area contributed by atoms with Crippen molar-refractivity contribution < 1.29 is 27.6 Å². The molecule has 2 aromatic rings. The van der Waals surface area contributed by atoms with Crippen LogP contribution in [0.15, 0.2) is 42.5 Å². The molecule has 9 heteroatoms. The van der Waals surface area contributed by atoms with Gasteiger partial charge in [0.2, 0.25) is 0 Å². The SMILES string of the molecule is O=C1NC(=O)[C@](CNC(=O)c2cc(F)ccc2-c2ccc(C3CC3(F)F)cc2)(C2CC2)N1.